The van der Waals surface area contributed by atoms with Crippen LogP contribution >= 0.6 is 11.6 Å². The maximum Gasteiger partial charge on any atom is 0.492 e. The Bertz CT molecular complexity index is 744. The largest absolute Gasteiger partial charge is 0.492 e. The van der Waals surface area contributed by atoms with Gasteiger partial charge in [-0.1, -0.05) is 17.7 Å². The molecule has 1 aliphatic heterocycles. The van der Waals surface area contributed by atoms with Crippen LogP contribution in [0.25, 0.3) is 6.08 Å². The molecule has 0 saturated carbocycles. The summed E-state index contributed by atoms with van der Waals surface area (Å²) in [7, 11) is -0.684. The third kappa shape index (κ3) is 4.47. The summed E-state index contributed by atoms with van der Waals surface area (Å²) in [5, 5.41) is 12.3. The zero-order valence-electron chi connectivity index (χ0n) is 15.6. The Balaban J connectivity index is 2.42. The lowest BCUT2D eigenvalue weighted by Gasteiger charge is -2.32. The van der Waals surface area contributed by atoms with Gasteiger partial charge in [0.15, 0.2) is 0 Å². The topological polar surface area (TPSA) is 84.9 Å². The van der Waals surface area contributed by atoms with Gasteiger partial charge in [-0.05, 0) is 56.9 Å². The van der Waals surface area contributed by atoms with Gasteiger partial charge in [-0.15, -0.1) is 0 Å². The first-order chi connectivity index (χ1) is 11.9. The molecule has 6 nitrogen and oxygen atoms in total. The molecule has 8 heteroatoms. The molecule has 2 rings (SSSR count). The minimum absolute atomic E-state index is 0.119. The van der Waals surface area contributed by atoms with Crippen molar-refractivity contribution in [1.82, 2.24) is 5.32 Å². The van der Waals surface area contributed by atoms with Crippen molar-refractivity contribution in [1.29, 1.82) is 0 Å². The fourth-order valence-electron chi connectivity index (χ4n) is 2.41. The number of rotatable bonds is 5. The number of carbonyl (C=O) groups excluding carboxylic acids is 1. The van der Waals surface area contributed by atoms with E-state index in [0.29, 0.717) is 16.1 Å². The van der Waals surface area contributed by atoms with Crippen LogP contribution < -0.4 is 5.32 Å². The van der Waals surface area contributed by atoms with Gasteiger partial charge in [-0.3, -0.25) is 4.79 Å². The number of carboxylic acid groups (broad SMARTS) is 1. The van der Waals surface area contributed by atoms with E-state index in [9.17, 15) is 14.7 Å². The number of nitrogens with one attached hydrogen (secondary N) is 1. The molecule has 1 aromatic rings. The van der Waals surface area contributed by atoms with Crippen LogP contribution in [-0.4, -0.2) is 41.8 Å². The number of carbonyl (C=O) groups is 2. The Morgan fingerprint density at radius 3 is 2.31 bits per heavy atom. The van der Waals surface area contributed by atoms with Crippen LogP contribution in [0.2, 0.25) is 5.02 Å². The minimum atomic E-state index is -1.05. The first kappa shape index (κ1) is 20.5. The Labute approximate surface area is 158 Å². The fourth-order valence-corrected chi connectivity index (χ4v) is 2.58. The van der Waals surface area contributed by atoms with E-state index in [0.717, 1.165) is 0 Å². The molecule has 1 aromatic carbocycles. The molecule has 0 aromatic heterocycles. The molecule has 1 heterocycles. The van der Waals surface area contributed by atoms with Gasteiger partial charge in [-0.25, -0.2) is 4.79 Å². The number of hydrogen-bond acceptors (Lipinski definition) is 4. The van der Waals surface area contributed by atoms with Crippen molar-refractivity contribution < 1.29 is 24.0 Å². The van der Waals surface area contributed by atoms with Gasteiger partial charge in [0.25, 0.3) is 0 Å². The molecule has 1 saturated heterocycles. The van der Waals surface area contributed by atoms with Crippen LogP contribution in [0.15, 0.2) is 23.7 Å². The number of amides is 1. The Morgan fingerprint density at radius 1 is 1.23 bits per heavy atom. The summed E-state index contributed by atoms with van der Waals surface area (Å²) in [6.45, 7) is 9.34. The molecule has 0 bridgehead atoms. The number of halogens is 1. The van der Waals surface area contributed by atoms with E-state index in [-0.39, 0.29) is 18.0 Å². The average molecular weight is 380 g/mol. The van der Waals surface area contributed by atoms with Crippen molar-refractivity contribution in [2.45, 2.75) is 45.8 Å². The van der Waals surface area contributed by atoms with E-state index in [4.69, 9.17) is 20.9 Å². The summed E-state index contributed by atoms with van der Waals surface area (Å²) in [6, 6.07) is 4.44. The highest BCUT2D eigenvalue weighted by molar-refractivity contribution is 6.56. The molecule has 0 radical (unpaired) electrons. The third-order valence-corrected chi connectivity index (χ3v) is 5.03. The smallest absolute Gasteiger partial charge is 0.478 e. The molecular weight excluding hydrogens is 356 g/mol. The first-order valence-corrected chi connectivity index (χ1v) is 8.64. The SMILES string of the molecule is CC(=O)NCC(=Cc1cc(C(=O)O)ccc1Cl)B1OC(C)(C)C(C)(C)O1. The Hall–Kier alpha value is -1.83. The quantitative estimate of drug-likeness (QED) is 0.768. The molecule has 140 valence electrons. The van der Waals surface area contributed by atoms with Gasteiger partial charge in [-0.2, -0.15) is 0 Å². The normalized spacial score (nSPS) is 18.7. The molecule has 1 amide bonds. The van der Waals surface area contributed by atoms with Gasteiger partial charge in [0.05, 0.1) is 16.8 Å². The second kappa shape index (κ2) is 7.43. The summed E-state index contributed by atoms with van der Waals surface area (Å²) < 4.78 is 12.1. The highest BCUT2D eigenvalue weighted by atomic mass is 35.5. The van der Waals surface area contributed by atoms with Crippen LogP contribution in [-0.2, 0) is 14.1 Å². The monoisotopic (exact) mass is 379 g/mol. The summed E-state index contributed by atoms with van der Waals surface area (Å²) in [4.78, 5) is 22.6. The lowest BCUT2D eigenvalue weighted by Crippen LogP contribution is -2.41. The molecule has 1 fully saturated rings. The number of benzene rings is 1. The molecule has 0 atom stereocenters. The van der Waals surface area contributed by atoms with E-state index in [1.807, 2.05) is 27.7 Å². The Morgan fingerprint density at radius 2 is 1.81 bits per heavy atom. The molecule has 0 unspecified atom stereocenters. The maximum absolute atomic E-state index is 11.4. The molecule has 0 aliphatic carbocycles. The minimum Gasteiger partial charge on any atom is -0.478 e. The first-order valence-electron chi connectivity index (χ1n) is 8.26. The molecule has 26 heavy (non-hydrogen) atoms. The van der Waals surface area contributed by atoms with Gasteiger partial charge >= 0.3 is 13.1 Å². The van der Waals surface area contributed by atoms with Crippen molar-refractivity contribution in [2.24, 2.45) is 0 Å². The molecule has 2 N–H and O–H groups in total. The summed E-state index contributed by atoms with van der Waals surface area (Å²) in [6.07, 6.45) is 1.70. The van der Waals surface area contributed by atoms with Crippen LogP contribution in [0.5, 0.6) is 0 Å². The zero-order valence-corrected chi connectivity index (χ0v) is 16.3. The molecule has 1 aliphatic rings. The van der Waals surface area contributed by atoms with E-state index in [1.165, 1.54) is 25.1 Å². The second-order valence-electron chi connectivity index (χ2n) is 7.26. The van der Waals surface area contributed by atoms with Crippen molar-refractivity contribution in [3.8, 4) is 0 Å². The van der Waals surface area contributed by atoms with Crippen molar-refractivity contribution in [3.05, 3.63) is 39.8 Å². The van der Waals surface area contributed by atoms with Gasteiger partial charge < -0.3 is 19.7 Å². The van der Waals surface area contributed by atoms with Crippen LogP contribution in [0.4, 0.5) is 0 Å². The summed E-state index contributed by atoms with van der Waals surface area (Å²) >= 11 is 6.22. The third-order valence-electron chi connectivity index (χ3n) is 4.68. The van der Waals surface area contributed by atoms with Crippen LogP contribution in [0, 0.1) is 0 Å². The predicted octanol–water partition coefficient (Wildman–Crippen LogP) is 3.19. The highest BCUT2D eigenvalue weighted by Gasteiger charge is 2.52. The Kier molecular flexibility index (Phi) is 5.85. The lowest BCUT2D eigenvalue weighted by molar-refractivity contribution is -0.118. The van der Waals surface area contributed by atoms with E-state index in [2.05, 4.69) is 5.32 Å². The number of carboxylic acids is 1. The zero-order chi connectivity index (χ0) is 19.7. The van der Waals surface area contributed by atoms with E-state index in [1.54, 1.807) is 6.08 Å². The van der Waals surface area contributed by atoms with E-state index >= 15 is 0 Å². The summed E-state index contributed by atoms with van der Waals surface area (Å²) in [5.74, 6) is -1.24. The second-order valence-corrected chi connectivity index (χ2v) is 7.67. The summed E-state index contributed by atoms with van der Waals surface area (Å²) in [5.41, 5.74) is 0.192. The maximum atomic E-state index is 11.4. The fraction of sp³-hybridized carbons (Fsp3) is 0.444. The van der Waals surface area contributed by atoms with Gasteiger partial charge in [0.1, 0.15) is 0 Å². The van der Waals surface area contributed by atoms with Gasteiger partial charge in [0, 0.05) is 18.5 Å². The van der Waals surface area contributed by atoms with Crippen molar-refractivity contribution >= 4 is 36.7 Å². The predicted molar refractivity (Wildman–Crippen MR) is 101 cm³/mol. The van der Waals surface area contributed by atoms with Crippen molar-refractivity contribution in [3.63, 3.8) is 0 Å². The molecule has 0 spiro atoms. The standard InChI is InChI=1S/C18H23BClNO5/c1-11(22)21-10-14(19-25-17(2,3)18(4,5)26-19)9-13-8-12(16(23)24)6-7-15(13)20/h6-9H,10H2,1-5H3,(H,21,22)(H,23,24). The average Bonchev–Trinajstić information content (AvgIpc) is 2.72. The van der Waals surface area contributed by atoms with Gasteiger partial charge in [0.2, 0.25) is 5.91 Å². The van der Waals surface area contributed by atoms with Crippen LogP contribution in [0.1, 0.15) is 50.5 Å². The van der Waals surface area contributed by atoms with Crippen molar-refractivity contribution in [2.75, 3.05) is 6.54 Å². The van der Waals surface area contributed by atoms with Crippen LogP contribution in [0.3, 0.4) is 0 Å². The number of aromatic carboxylic acids is 1. The number of hydrogen-bond donors (Lipinski definition) is 2. The highest BCUT2D eigenvalue weighted by Crippen LogP contribution is 2.39. The van der Waals surface area contributed by atoms with E-state index < -0.39 is 24.3 Å². The molecular formula is C18H23BClNO5. The lowest BCUT2D eigenvalue weighted by atomic mass is 9.77.